The van der Waals surface area contributed by atoms with Crippen molar-refractivity contribution in [3.8, 4) is 0 Å². The van der Waals surface area contributed by atoms with Gasteiger partial charge in [-0.25, -0.2) is 0 Å². The lowest BCUT2D eigenvalue weighted by Gasteiger charge is -1.96. The van der Waals surface area contributed by atoms with E-state index >= 15 is 0 Å². The third-order valence-corrected chi connectivity index (χ3v) is 0.712. The Labute approximate surface area is 47.3 Å². The van der Waals surface area contributed by atoms with Gasteiger partial charge in [0.15, 0.2) is 0 Å². The molecular weight excluding hydrogens is 110 g/mol. The Balaban J connectivity index is 3.24. The van der Waals surface area contributed by atoms with Crippen LogP contribution in [0.15, 0.2) is 0 Å². The zero-order valence-corrected chi connectivity index (χ0v) is 4.57. The van der Waals surface area contributed by atoms with Gasteiger partial charge in [-0.15, -0.1) is 0 Å². The van der Waals surface area contributed by atoms with Crippen LogP contribution >= 0.6 is 0 Å². The summed E-state index contributed by atoms with van der Waals surface area (Å²) in [7, 11) is 0. The van der Waals surface area contributed by atoms with Crippen LogP contribution in [0.3, 0.4) is 0 Å². The largest absolute Gasteiger partial charge is 0.386 e. The third-order valence-electron chi connectivity index (χ3n) is 0.712. The van der Waals surface area contributed by atoms with Gasteiger partial charge in [0.1, 0.15) is 6.10 Å². The standard InChI is InChI=1S/C4H8NO3/c1-2-4(6)3-5(7)8/h3-4,6H,2H2,1H3. The zero-order chi connectivity index (χ0) is 6.57. The molecule has 0 heterocycles. The van der Waals surface area contributed by atoms with Crippen molar-refractivity contribution in [3.05, 3.63) is 16.7 Å². The van der Waals surface area contributed by atoms with E-state index in [4.69, 9.17) is 5.11 Å². The van der Waals surface area contributed by atoms with Crippen molar-refractivity contribution >= 4 is 0 Å². The Morgan fingerprint density at radius 2 is 2.50 bits per heavy atom. The molecule has 4 nitrogen and oxygen atoms in total. The summed E-state index contributed by atoms with van der Waals surface area (Å²) >= 11 is 0. The smallest absolute Gasteiger partial charge is 0.306 e. The molecule has 0 aromatic carbocycles. The Hall–Kier alpha value is -0.640. The number of aliphatic hydroxyl groups excluding tert-OH is 1. The van der Waals surface area contributed by atoms with Gasteiger partial charge in [-0.1, -0.05) is 6.92 Å². The van der Waals surface area contributed by atoms with Crippen molar-refractivity contribution in [1.82, 2.24) is 0 Å². The van der Waals surface area contributed by atoms with Gasteiger partial charge in [-0.3, -0.25) is 10.1 Å². The Bertz CT molecular complexity index is 83.4. The summed E-state index contributed by atoms with van der Waals surface area (Å²) in [4.78, 5) is 8.91. The molecule has 0 aliphatic rings. The summed E-state index contributed by atoms with van der Waals surface area (Å²) in [6.07, 6.45) is -0.508. The molecule has 0 fully saturated rings. The average molecular weight is 118 g/mol. The van der Waals surface area contributed by atoms with E-state index in [1.165, 1.54) is 0 Å². The van der Waals surface area contributed by atoms with Crippen LogP contribution in [0.2, 0.25) is 0 Å². The lowest BCUT2D eigenvalue weighted by Crippen LogP contribution is -2.11. The first-order valence-electron chi connectivity index (χ1n) is 2.33. The Kier molecular flexibility index (Phi) is 3.10. The molecule has 0 aliphatic carbocycles. The predicted octanol–water partition coefficient (Wildman–Crippen LogP) is 0.196. The SMILES string of the molecule is CCC(O)[CH][N+](=O)[O-]. The van der Waals surface area contributed by atoms with Gasteiger partial charge in [0.2, 0.25) is 0 Å². The van der Waals surface area contributed by atoms with E-state index in [-0.39, 0.29) is 0 Å². The van der Waals surface area contributed by atoms with Crippen molar-refractivity contribution in [2.45, 2.75) is 19.4 Å². The topological polar surface area (TPSA) is 63.4 Å². The molecule has 0 aliphatic heterocycles. The predicted molar refractivity (Wildman–Crippen MR) is 27.6 cm³/mol. The molecule has 0 aromatic heterocycles. The molecule has 0 aromatic rings. The van der Waals surface area contributed by atoms with Gasteiger partial charge >= 0.3 is 6.54 Å². The first kappa shape index (κ1) is 7.36. The molecule has 4 heteroatoms. The van der Waals surface area contributed by atoms with E-state index in [9.17, 15) is 10.1 Å². The molecule has 0 spiro atoms. The minimum absolute atomic E-state index is 0.390. The van der Waals surface area contributed by atoms with E-state index in [1.54, 1.807) is 6.92 Å². The summed E-state index contributed by atoms with van der Waals surface area (Å²) in [5.74, 6) is 0. The maximum atomic E-state index is 9.56. The molecule has 0 rings (SSSR count). The van der Waals surface area contributed by atoms with Gasteiger partial charge in [0.25, 0.3) is 0 Å². The maximum absolute atomic E-state index is 9.56. The summed E-state index contributed by atoms with van der Waals surface area (Å²) < 4.78 is 0. The quantitative estimate of drug-likeness (QED) is 0.425. The van der Waals surface area contributed by atoms with Gasteiger partial charge in [0.05, 0.1) is 0 Å². The first-order chi connectivity index (χ1) is 3.66. The minimum atomic E-state index is -0.898. The normalized spacial score (nSPS) is 13.2. The summed E-state index contributed by atoms with van der Waals surface area (Å²) in [5.41, 5.74) is 0. The van der Waals surface area contributed by atoms with Crippen molar-refractivity contribution in [3.63, 3.8) is 0 Å². The molecule has 1 radical (unpaired) electrons. The fourth-order valence-electron chi connectivity index (χ4n) is 0.246. The highest BCUT2D eigenvalue weighted by Crippen LogP contribution is 1.93. The van der Waals surface area contributed by atoms with E-state index < -0.39 is 11.0 Å². The van der Waals surface area contributed by atoms with Gasteiger partial charge in [-0.05, 0) is 6.42 Å². The van der Waals surface area contributed by atoms with Crippen LogP contribution < -0.4 is 0 Å². The molecule has 1 unspecified atom stereocenters. The van der Waals surface area contributed by atoms with E-state index in [0.29, 0.717) is 13.0 Å². The Morgan fingerprint density at radius 1 is 2.00 bits per heavy atom. The van der Waals surface area contributed by atoms with E-state index in [2.05, 4.69) is 0 Å². The molecule has 0 amide bonds. The summed E-state index contributed by atoms with van der Waals surface area (Å²) in [5, 5.41) is 18.1. The fraction of sp³-hybridized carbons (Fsp3) is 0.750. The van der Waals surface area contributed by atoms with Crippen LogP contribution in [-0.4, -0.2) is 16.1 Å². The fourth-order valence-corrected chi connectivity index (χ4v) is 0.246. The number of hydrogen-bond donors (Lipinski definition) is 1. The Morgan fingerprint density at radius 3 is 2.62 bits per heavy atom. The van der Waals surface area contributed by atoms with E-state index in [1.807, 2.05) is 0 Å². The molecule has 47 valence electrons. The van der Waals surface area contributed by atoms with E-state index in [0.717, 1.165) is 0 Å². The van der Waals surface area contributed by atoms with Crippen molar-refractivity contribution in [2.75, 3.05) is 0 Å². The van der Waals surface area contributed by atoms with Crippen molar-refractivity contribution in [1.29, 1.82) is 0 Å². The highest BCUT2D eigenvalue weighted by molar-refractivity contribution is 4.59. The highest BCUT2D eigenvalue weighted by atomic mass is 16.6. The maximum Gasteiger partial charge on any atom is 0.306 e. The van der Waals surface area contributed by atoms with Crippen molar-refractivity contribution in [2.24, 2.45) is 0 Å². The number of hydrogen-bond acceptors (Lipinski definition) is 3. The molecule has 1 N–H and O–H groups in total. The lowest BCUT2D eigenvalue weighted by molar-refractivity contribution is -0.446. The van der Waals surface area contributed by atoms with Crippen LogP contribution in [0.4, 0.5) is 0 Å². The zero-order valence-electron chi connectivity index (χ0n) is 4.57. The molecule has 0 saturated heterocycles. The highest BCUT2D eigenvalue weighted by Gasteiger charge is 2.09. The van der Waals surface area contributed by atoms with Crippen LogP contribution in [0.25, 0.3) is 0 Å². The number of rotatable bonds is 3. The lowest BCUT2D eigenvalue weighted by atomic mass is 10.3. The number of aliphatic hydroxyl groups is 1. The van der Waals surface area contributed by atoms with Crippen molar-refractivity contribution < 1.29 is 10.0 Å². The molecule has 0 saturated carbocycles. The second kappa shape index (κ2) is 3.37. The molecule has 1 atom stereocenters. The number of nitrogens with zero attached hydrogens (tertiary/aromatic N) is 1. The molecular formula is C4H8NO3. The van der Waals surface area contributed by atoms with Crippen LogP contribution in [0.1, 0.15) is 13.3 Å². The first-order valence-corrected chi connectivity index (χ1v) is 2.33. The average Bonchev–Trinajstić information content (AvgIpc) is 1.65. The van der Waals surface area contributed by atoms with Crippen LogP contribution in [-0.2, 0) is 0 Å². The second-order valence-corrected chi connectivity index (χ2v) is 1.41. The minimum Gasteiger partial charge on any atom is -0.386 e. The second-order valence-electron chi connectivity index (χ2n) is 1.41. The van der Waals surface area contributed by atoms with Gasteiger partial charge in [0, 0.05) is 4.92 Å². The summed E-state index contributed by atoms with van der Waals surface area (Å²) in [6, 6.07) is 0. The monoisotopic (exact) mass is 118 g/mol. The third kappa shape index (κ3) is 3.55. The molecule has 0 bridgehead atoms. The summed E-state index contributed by atoms with van der Waals surface area (Å²) in [6.45, 7) is 2.34. The molecule has 8 heavy (non-hydrogen) atoms. The number of nitro groups is 1. The van der Waals surface area contributed by atoms with Gasteiger partial charge < -0.3 is 5.11 Å². The van der Waals surface area contributed by atoms with Gasteiger partial charge in [-0.2, -0.15) is 0 Å². The van der Waals surface area contributed by atoms with Crippen LogP contribution in [0.5, 0.6) is 0 Å². The van der Waals surface area contributed by atoms with Crippen LogP contribution in [0, 0.1) is 16.7 Å².